The number of benzene rings is 1. The highest BCUT2D eigenvalue weighted by Crippen LogP contribution is 2.14. The van der Waals surface area contributed by atoms with Gasteiger partial charge in [0.2, 0.25) is 0 Å². The first kappa shape index (κ1) is 16.4. The van der Waals surface area contributed by atoms with Crippen LogP contribution >= 0.6 is 11.8 Å². The highest BCUT2D eigenvalue weighted by atomic mass is 32.2. The van der Waals surface area contributed by atoms with Crippen LogP contribution in [-0.4, -0.2) is 41.7 Å². The van der Waals surface area contributed by atoms with Gasteiger partial charge < -0.3 is 15.7 Å². The third-order valence-corrected chi connectivity index (χ3v) is 3.89. The Morgan fingerprint density at radius 3 is 2.35 bits per heavy atom. The lowest BCUT2D eigenvalue weighted by Crippen LogP contribution is -2.41. The van der Waals surface area contributed by atoms with Crippen molar-refractivity contribution in [2.75, 3.05) is 19.3 Å². The molecule has 6 heteroatoms. The summed E-state index contributed by atoms with van der Waals surface area (Å²) in [5.41, 5.74) is 0.679. The summed E-state index contributed by atoms with van der Waals surface area (Å²) < 4.78 is 0. The van der Waals surface area contributed by atoms with Gasteiger partial charge in [-0.2, -0.15) is 11.8 Å². The van der Waals surface area contributed by atoms with Crippen molar-refractivity contribution in [1.29, 1.82) is 0 Å². The summed E-state index contributed by atoms with van der Waals surface area (Å²) in [6.45, 7) is 2.63. The van der Waals surface area contributed by atoms with Gasteiger partial charge in [-0.15, -0.1) is 0 Å². The molecular weight excluding hydrogens is 276 g/mol. The van der Waals surface area contributed by atoms with Gasteiger partial charge in [0, 0.05) is 18.3 Å². The van der Waals surface area contributed by atoms with Crippen LogP contribution in [0.3, 0.4) is 0 Å². The fraction of sp³-hybridized carbons (Fsp3) is 0.429. The summed E-state index contributed by atoms with van der Waals surface area (Å²) in [5.74, 6) is -1.69. The van der Waals surface area contributed by atoms with E-state index >= 15 is 0 Å². The lowest BCUT2D eigenvalue weighted by atomic mass is 9.99. The van der Waals surface area contributed by atoms with E-state index in [1.807, 2.05) is 19.2 Å². The van der Waals surface area contributed by atoms with Crippen molar-refractivity contribution < 1.29 is 14.7 Å². The number of hydrogen-bond donors (Lipinski definition) is 3. The number of urea groups is 1. The molecule has 0 aromatic heterocycles. The molecule has 0 bridgehead atoms. The van der Waals surface area contributed by atoms with E-state index in [9.17, 15) is 14.7 Å². The number of carbonyl (C=O) groups excluding carboxylic acids is 1. The van der Waals surface area contributed by atoms with Crippen LogP contribution in [0.15, 0.2) is 30.3 Å². The number of hydrogen-bond acceptors (Lipinski definition) is 3. The average molecular weight is 296 g/mol. The summed E-state index contributed by atoms with van der Waals surface area (Å²) in [7, 11) is 0. The molecule has 0 aliphatic heterocycles. The van der Waals surface area contributed by atoms with E-state index in [4.69, 9.17) is 0 Å². The fourth-order valence-corrected chi connectivity index (χ4v) is 1.86. The summed E-state index contributed by atoms with van der Waals surface area (Å²) in [6.07, 6.45) is 1.97. The Hall–Kier alpha value is -1.69. The molecule has 5 nitrogen and oxygen atoms in total. The third-order valence-electron chi connectivity index (χ3n) is 2.92. The van der Waals surface area contributed by atoms with Gasteiger partial charge in [0.1, 0.15) is 0 Å². The molecule has 0 saturated heterocycles. The molecule has 110 valence electrons. The van der Waals surface area contributed by atoms with Gasteiger partial charge >= 0.3 is 12.0 Å². The minimum absolute atomic E-state index is 0.0683. The second-order valence-corrected chi connectivity index (χ2v) is 5.71. The van der Waals surface area contributed by atoms with Gasteiger partial charge in [0.05, 0.1) is 5.92 Å². The predicted molar refractivity (Wildman–Crippen MR) is 81.2 cm³/mol. The molecule has 0 heterocycles. The van der Waals surface area contributed by atoms with E-state index in [1.54, 1.807) is 36.0 Å². The molecule has 1 aromatic carbocycles. The zero-order valence-electron chi connectivity index (χ0n) is 11.6. The Labute approximate surface area is 123 Å². The maximum Gasteiger partial charge on any atom is 0.314 e. The lowest BCUT2D eigenvalue weighted by molar-refractivity contribution is -0.138. The van der Waals surface area contributed by atoms with Crippen LogP contribution in [0, 0.1) is 0 Å². The van der Waals surface area contributed by atoms with Crippen LogP contribution < -0.4 is 10.6 Å². The molecule has 0 saturated carbocycles. The SMILES string of the molecule is CSC(C)CNC(=O)NCC(C(=O)O)c1ccccc1. The van der Waals surface area contributed by atoms with Crippen molar-refractivity contribution in [2.45, 2.75) is 18.1 Å². The number of amides is 2. The molecule has 2 amide bonds. The Kier molecular flexibility index (Phi) is 6.93. The number of rotatable bonds is 7. The molecular formula is C14H20N2O3S. The maximum absolute atomic E-state index is 11.6. The molecule has 0 spiro atoms. The zero-order valence-corrected chi connectivity index (χ0v) is 12.4. The van der Waals surface area contributed by atoms with E-state index in [2.05, 4.69) is 10.6 Å². The first-order valence-electron chi connectivity index (χ1n) is 6.36. The first-order chi connectivity index (χ1) is 9.54. The normalized spacial score (nSPS) is 13.3. The number of carboxylic acids is 1. The van der Waals surface area contributed by atoms with Crippen molar-refractivity contribution in [3.8, 4) is 0 Å². The van der Waals surface area contributed by atoms with Crippen molar-refractivity contribution in [2.24, 2.45) is 0 Å². The van der Waals surface area contributed by atoms with E-state index in [0.29, 0.717) is 17.4 Å². The largest absolute Gasteiger partial charge is 0.481 e. The van der Waals surface area contributed by atoms with Crippen molar-refractivity contribution in [1.82, 2.24) is 10.6 Å². The highest BCUT2D eigenvalue weighted by Gasteiger charge is 2.20. The Bertz CT molecular complexity index is 439. The van der Waals surface area contributed by atoms with E-state index in [1.165, 1.54) is 0 Å². The highest BCUT2D eigenvalue weighted by molar-refractivity contribution is 7.99. The minimum Gasteiger partial charge on any atom is -0.481 e. The monoisotopic (exact) mass is 296 g/mol. The van der Waals surface area contributed by atoms with Crippen molar-refractivity contribution >= 4 is 23.8 Å². The Balaban J connectivity index is 2.48. The van der Waals surface area contributed by atoms with Crippen LogP contribution in [0.25, 0.3) is 0 Å². The second kappa shape index (κ2) is 8.47. The summed E-state index contributed by atoms with van der Waals surface area (Å²) in [6, 6.07) is 8.54. The Morgan fingerprint density at radius 1 is 1.20 bits per heavy atom. The summed E-state index contributed by atoms with van der Waals surface area (Å²) >= 11 is 1.66. The minimum atomic E-state index is -0.950. The molecule has 1 rings (SSSR count). The smallest absolute Gasteiger partial charge is 0.314 e. The number of aliphatic carboxylic acids is 1. The molecule has 2 unspecified atom stereocenters. The van der Waals surface area contributed by atoms with Gasteiger partial charge in [0.15, 0.2) is 0 Å². The standard InChI is InChI=1S/C14H20N2O3S/c1-10(20-2)8-15-14(19)16-9-12(13(17)18)11-6-4-3-5-7-11/h3-7,10,12H,8-9H2,1-2H3,(H,17,18)(H2,15,16,19). The van der Waals surface area contributed by atoms with Gasteiger partial charge in [-0.05, 0) is 11.8 Å². The molecule has 0 radical (unpaired) electrons. The topological polar surface area (TPSA) is 78.4 Å². The number of carboxylic acid groups (broad SMARTS) is 1. The summed E-state index contributed by atoms with van der Waals surface area (Å²) in [5, 5.41) is 14.9. The van der Waals surface area contributed by atoms with Crippen LogP contribution in [0.1, 0.15) is 18.4 Å². The van der Waals surface area contributed by atoms with Crippen LogP contribution in [-0.2, 0) is 4.79 Å². The van der Waals surface area contributed by atoms with E-state index in [0.717, 1.165) is 0 Å². The molecule has 1 aromatic rings. The predicted octanol–water partition coefficient (Wildman–Crippen LogP) is 1.91. The van der Waals surface area contributed by atoms with Gasteiger partial charge in [-0.3, -0.25) is 4.79 Å². The second-order valence-electron chi connectivity index (χ2n) is 4.44. The number of thioether (sulfide) groups is 1. The first-order valence-corrected chi connectivity index (χ1v) is 7.65. The fourth-order valence-electron chi connectivity index (χ4n) is 1.61. The van der Waals surface area contributed by atoms with Gasteiger partial charge in [-0.1, -0.05) is 37.3 Å². The summed E-state index contributed by atoms with van der Waals surface area (Å²) in [4.78, 5) is 22.8. The molecule has 0 aliphatic carbocycles. The molecule has 20 heavy (non-hydrogen) atoms. The zero-order chi connectivity index (χ0) is 15.0. The lowest BCUT2D eigenvalue weighted by Gasteiger charge is -2.15. The van der Waals surface area contributed by atoms with Crippen LogP contribution in [0.4, 0.5) is 4.79 Å². The number of nitrogens with one attached hydrogen (secondary N) is 2. The Morgan fingerprint density at radius 2 is 1.80 bits per heavy atom. The molecule has 0 fully saturated rings. The van der Waals surface area contributed by atoms with E-state index < -0.39 is 11.9 Å². The van der Waals surface area contributed by atoms with Crippen LogP contribution in [0.2, 0.25) is 0 Å². The molecule has 2 atom stereocenters. The van der Waals surface area contributed by atoms with Crippen LogP contribution in [0.5, 0.6) is 0 Å². The van der Waals surface area contributed by atoms with Gasteiger partial charge in [-0.25, -0.2) is 4.79 Å². The molecule has 0 aliphatic rings. The maximum atomic E-state index is 11.6. The number of carbonyl (C=O) groups is 2. The van der Waals surface area contributed by atoms with Gasteiger partial charge in [0.25, 0.3) is 0 Å². The third kappa shape index (κ3) is 5.52. The van der Waals surface area contributed by atoms with Crippen molar-refractivity contribution in [3.63, 3.8) is 0 Å². The average Bonchev–Trinajstić information content (AvgIpc) is 2.45. The molecule has 3 N–H and O–H groups in total. The van der Waals surface area contributed by atoms with E-state index in [-0.39, 0.29) is 12.6 Å². The van der Waals surface area contributed by atoms with Crippen molar-refractivity contribution in [3.05, 3.63) is 35.9 Å². The quantitative estimate of drug-likeness (QED) is 0.718.